The molecule has 2 atom stereocenters. The number of ether oxygens (including phenoxy) is 1. The van der Waals surface area contributed by atoms with Gasteiger partial charge in [-0.05, 0) is 30.5 Å². The van der Waals surface area contributed by atoms with E-state index >= 15 is 0 Å². The summed E-state index contributed by atoms with van der Waals surface area (Å²) in [6, 6.07) is 4.07. The molecule has 0 saturated carbocycles. The van der Waals surface area contributed by atoms with Crippen molar-refractivity contribution in [1.82, 2.24) is 4.98 Å². The Bertz CT molecular complexity index is 270. The molecule has 2 heterocycles. The third-order valence-corrected chi connectivity index (χ3v) is 2.79. The molecule has 0 amide bonds. The largest absolute Gasteiger partial charge is 0.381 e. The number of rotatable bonds is 2. The van der Waals surface area contributed by atoms with E-state index in [1.54, 1.807) is 12.4 Å². The highest BCUT2D eigenvalue weighted by atomic mass is 16.5. The van der Waals surface area contributed by atoms with Gasteiger partial charge in [0, 0.05) is 31.0 Å². The van der Waals surface area contributed by atoms with Crippen LogP contribution in [0.3, 0.4) is 0 Å². The summed E-state index contributed by atoms with van der Waals surface area (Å²) in [5.41, 5.74) is 7.32. The van der Waals surface area contributed by atoms with Crippen LogP contribution in [-0.4, -0.2) is 18.2 Å². The molecule has 0 bridgehead atoms. The lowest BCUT2D eigenvalue weighted by molar-refractivity contribution is 0.0447. The molecule has 2 unspecified atom stereocenters. The van der Waals surface area contributed by atoms with Crippen molar-refractivity contribution >= 4 is 0 Å². The fraction of sp³-hybridized carbons (Fsp3) is 0.545. The SMILES string of the molecule is NC(c1ccncc1)C1CCCOC1. The molecule has 1 saturated heterocycles. The molecule has 1 aliphatic rings. The Hall–Kier alpha value is -0.930. The molecule has 1 aromatic rings. The van der Waals surface area contributed by atoms with Crippen LogP contribution in [0.2, 0.25) is 0 Å². The predicted octanol–water partition coefficient (Wildman–Crippen LogP) is 1.51. The number of aromatic nitrogens is 1. The average Bonchev–Trinajstić information content (AvgIpc) is 2.30. The maximum atomic E-state index is 6.16. The molecular formula is C11H16N2O. The second-order valence-corrected chi connectivity index (χ2v) is 3.78. The lowest BCUT2D eigenvalue weighted by atomic mass is 9.90. The molecule has 0 spiro atoms. The van der Waals surface area contributed by atoms with E-state index in [-0.39, 0.29) is 6.04 Å². The third kappa shape index (κ3) is 2.11. The van der Waals surface area contributed by atoms with Gasteiger partial charge in [-0.25, -0.2) is 0 Å². The highest BCUT2D eigenvalue weighted by molar-refractivity contribution is 5.15. The van der Waals surface area contributed by atoms with Crippen LogP contribution in [-0.2, 0) is 4.74 Å². The van der Waals surface area contributed by atoms with E-state index in [1.807, 2.05) is 12.1 Å². The number of nitrogens with zero attached hydrogens (tertiary/aromatic N) is 1. The van der Waals surface area contributed by atoms with Crippen LogP contribution in [0.15, 0.2) is 24.5 Å². The fourth-order valence-corrected chi connectivity index (χ4v) is 1.91. The van der Waals surface area contributed by atoms with Crippen LogP contribution in [0.4, 0.5) is 0 Å². The summed E-state index contributed by atoms with van der Waals surface area (Å²) in [5, 5.41) is 0. The Labute approximate surface area is 84.3 Å². The van der Waals surface area contributed by atoms with Crippen LogP contribution in [0.5, 0.6) is 0 Å². The van der Waals surface area contributed by atoms with E-state index in [4.69, 9.17) is 10.5 Å². The summed E-state index contributed by atoms with van der Waals surface area (Å²) in [7, 11) is 0. The minimum absolute atomic E-state index is 0.0956. The van der Waals surface area contributed by atoms with E-state index in [0.29, 0.717) is 5.92 Å². The Morgan fingerprint density at radius 1 is 1.43 bits per heavy atom. The summed E-state index contributed by atoms with van der Waals surface area (Å²) in [4.78, 5) is 3.99. The van der Waals surface area contributed by atoms with Crippen molar-refractivity contribution in [3.63, 3.8) is 0 Å². The Morgan fingerprint density at radius 2 is 2.21 bits per heavy atom. The average molecular weight is 192 g/mol. The van der Waals surface area contributed by atoms with Gasteiger partial charge in [0.1, 0.15) is 0 Å². The van der Waals surface area contributed by atoms with E-state index in [9.17, 15) is 0 Å². The zero-order valence-corrected chi connectivity index (χ0v) is 8.23. The van der Waals surface area contributed by atoms with E-state index in [2.05, 4.69) is 4.98 Å². The summed E-state index contributed by atoms with van der Waals surface area (Å²) in [6.07, 6.45) is 5.88. The number of hydrogen-bond donors (Lipinski definition) is 1. The molecule has 14 heavy (non-hydrogen) atoms. The van der Waals surface area contributed by atoms with Crippen LogP contribution in [0.1, 0.15) is 24.4 Å². The first-order chi connectivity index (χ1) is 6.88. The minimum Gasteiger partial charge on any atom is -0.381 e. The van der Waals surface area contributed by atoms with Gasteiger partial charge in [-0.2, -0.15) is 0 Å². The maximum absolute atomic E-state index is 6.16. The van der Waals surface area contributed by atoms with Crippen LogP contribution < -0.4 is 5.73 Å². The van der Waals surface area contributed by atoms with Gasteiger partial charge in [0.25, 0.3) is 0 Å². The van der Waals surface area contributed by atoms with Gasteiger partial charge in [0.05, 0.1) is 6.61 Å². The fourth-order valence-electron chi connectivity index (χ4n) is 1.91. The lowest BCUT2D eigenvalue weighted by Crippen LogP contribution is -2.28. The predicted molar refractivity (Wildman–Crippen MR) is 54.7 cm³/mol. The zero-order valence-electron chi connectivity index (χ0n) is 8.23. The molecular weight excluding hydrogens is 176 g/mol. The van der Waals surface area contributed by atoms with Crippen LogP contribution in [0.25, 0.3) is 0 Å². The number of hydrogen-bond acceptors (Lipinski definition) is 3. The standard InChI is InChI=1S/C11H16N2O/c12-11(9-3-5-13-6-4-9)10-2-1-7-14-8-10/h3-6,10-11H,1-2,7-8,12H2. The second kappa shape index (κ2) is 4.53. The van der Waals surface area contributed by atoms with Crippen molar-refractivity contribution in [3.05, 3.63) is 30.1 Å². The van der Waals surface area contributed by atoms with E-state index in [1.165, 1.54) is 6.42 Å². The van der Waals surface area contributed by atoms with Crippen molar-refractivity contribution < 1.29 is 4.74 Å². The quantitative estimate of drug-likeness (QED) is 0.772. The van der Waals surface area contributed by atoms with Gasteiger partial charge in [0.15, 0.2) is 0 Å². The van der Waals surface area contributed by atoms with Crippen LogP contribution in [0, 0.1) is 5.92 Å². The third-order valence-electron chi connectivity index (χ3n) is 2.79. The molecule has 1 aromatic heterocycles. The molecule has 0 radical (unpaired) electrons. The smallest absolute Gasteiger partial charge is 0.0512 e. The topological polar surface area (TPSA) is 48.1 Å². The molecule has 0 aromatic carbocycles. The molecule has 2 N–H and O–H groups in total. The first kappa shape index (κ1) is 9.62. The molecule has 3 heteroatoms. The molecule has 76 valence electrons. The van der Waals surface area contributed by atoms with Gasteiger partial charge in [-0.3, -0.25) is 4.98 Å². The minimum atomic E-state index is 0.0956. The molecule has 2 rings (SSSR count). The van der Waals surface area contributed by atoms with Gasteiger partial charge in [0.2, 0.25) is 0 Å². The van der Waals surface area contributed by atoms with E-state index < -0.39 is 0 Å². The van der Waals surface area contributed by atoms with Gasteiger partial charge >= 0.3 is 0 Å². The Balaban J connectivity index is 2.03. The molecule has 1 fully saturated rings. The number of nitrogens with two attached hydrogens (primary N) is 1. The summed E-state index contributed by atoms with van der Waals surface area (Å²) < 4.78 is 5.43. The van der Waals surface area contributed by atoms with Crippen molar-refractivity contribution in [2.75, 3.05) is 13.2 Å². The molecule has 3 nitrogen and oxygen atoms in total. The van der Waals surface area contributed by atoms with Gasteiger partial charge in [-0.1, -0.05) is 0 Å². The summed E-state index contributed by atoms with van der Waals surface area (Å²) in [5.74, 6) is 0.464. The maximum Gasteiger partial charge on any atom is 0.0512 e. The first-order valence-corrected chi connectivity index (χ1v) is 5.11. The summed E-state index contributed by atoms with van der Waals surface area (Å²) in [6.45, 7) is 1.68. The second-order valence-electron chi connectivity index (χ2n) is 3.78. The van der Waals surface area contributed by atoms with Crippen molar-refractivity contribution in [2.45, 2.75) is 18.9 Å². The highest BCUT2D eigenvalue weighted by Gasteiger charge is 2.21. The molecule has 1 aliphatic heterocycles. The number of pyridine rings is 1. The van der Waals surface area contributed by atoms with Crippen LogP contribution >= 0.6 is 0 Å². The normalized spacial score (nSPS) is 24.5. The zero-order chi connectivity index (χ0) is 9.80. The highest BCUT2D eigenvalue weighted by Crippen LogP contribution is 2.26. The lowest BCUT2D eigenvalue weighted by Gasteiger charge is -2.27. The van der Waals surface area contributed by atoms with Gasteiger partial charge in [-0.15, -0.1) is 0 Å². The monoisotopic (exact) mass is 192 g/mol. The summed E-state index contributed by atoms with van der Waals surface area (Å²) >= 11 is 0. The Morgan fingerprint density at radius 3 is 2.86 bits per heavy atom. The van der Waals surface area contributed by atoms with Crippen molar-refractivity contribution in [1.29, 1.82) is 0 Å². The molecule has 0 aliphatic carbocycles. The van der Waals surface area contributed by atoms with Crippen molar-refractivity contribution in [3.8, 4) is 0 Å². The van der Waals surface area contributed by atoms with Gasteiger partial charge < -0.3 is 10.5 Å². The van der Waals surface area contributed by atoms with Crippen molar-refractivity contribution in [2.24, 2.45) is 11.7 Å². The van der Waals surface area contributed by atoms with E-state index in [0.717, 1.165) is 25.2 Å². The Kier molecular flexibility index (Phi) is 3.11. The first-order valence-electron chi connectivity index (χ1n) is 5.11.